The van der Waals surface area contributed by atoms with Gasteiger partial charge in [-0.05, 0) is 38.0 Å². The second-order valence-electron chi connectivity index (χ2n) is 5.71. The Kier molecular flexibility index (Phi) is 8.59. The van der Waals surface area contributed by atoms with Crippen molar-refractivity contribution >= 4 is 21.6 Å². The minimum atomic E-state index is -0.111. The number of hydrogen-bond donors (Lipinski definition) is 0. The zero-order valence-electron chi connectivity index (χ0n) is 14.1. The number of ether oxygens (including phenoxy) is 2. The summed E-state index contributed by atoms with van der Waals surface area (Å²) in [5.41, 5.74) is 1.88. The molecule has 0 spiro atoms. The normalized spacial score (nSPS) is 11.1. The Hall–Kier alpha value is -1.55. The fraction of sp³-hybridized carbons (Fsp3) is 0.500. The summed E-state index contributed by atoms with van der Waals surface area (Å²) in [6.07, 6.45) is 4.50. The highest BCUT2D eigenvalue weighted by Gasteiger charge is 2.07. The number of rotatable bonds is 10. The van der Waals surface area contributed by atoms with Crippen LogP contribution in [0.5, 0.6) is 5.75 Å². The Morgan fingerprint density at radius 3 is 2.77 bits per heavy atom. The number of esters is 1. The van der Waals surface area contributed by atoms with Gasteiger partial charge in [-0.25, -0.2) is 0 Å². The highest BCUT2D eigenvalue weighted by Crippen LogP contribution is 2.23. The van der Waals surface area contributed by atoms with E-state index in [9.17, 15) is 4.79 Å². The lowest BCUT2D eigenvalue weighted by Crippen LogP contribution is -2.07. The van der Waals surface area contributed by atoms with Gasteiger partial charge in [-0.15, -0.1) is 0 Å². The van der Waals surface area contributed by atoms with E-state index < -0.39 is 0 Å². The maximum atomic E-state index is 11.7. The molecule has 3 nitrogen and oxygen atoms in total. The van der Waals surface area contributed by atoms with Gasteiger partial charge in [0.25, 0.3) is 0 Å². The van der Waals surface area contributed by atoms with Gasteiger partial charge in [0.15, 0.2) is 0 Å². The first-order chi connectivity index (χ1) is 10.6. The van der Waals surface area contributed by atoms with Gasteiger partial charge in [0.05, 0.1) is 6.10 Å². The smallest absolute Gasteiger partial charge is 0.306 e. The van der Waals surface area contributed by atoms with Gasteiger partial charge in [0, 0.05) is 21.5 Å². The minimum absolute atomic E-state index is 0.111. The zero-order chi connectivity index (χ0) is 16.4. The van der Waals surface area contributed by atoms with Crippen LogP contribution in [0.25, 0.3) is 6.08 Å². The third kappa shape index (κ3) is 6.94. The standard InChI is InChI=1S/C18H28O3Si/c1-5-16-12-15(9-10-17(16)21-14(2)3)13-20-18(19)8-6-7-11-22-4/h5,9-10,12,14H,1,6-8,11,13,22H2,2-4H3. The molecule has 4 heteroatoms. The van der Waals surface area contributed by atoms with Crippen LogP contribution in [0.1, 0.15) is 44.2 Å². The molecule has 0 bridgehead atoms. The predicted molar refractivity (Wildman–Crippen MR) is 95.2 cm³/mol. The molecule has 0 aromatic heterocycles. The summed E-state index contributed by atoms with van der Waals surface area (Å²) in [6, 6.07) is 7.11. The van der Waals surface area contributed by atoms with Gasteiger partial charge in [0.2, 0.25) is 0 Å². The molecule has 0 atom stereocenters. The SMILES string of the molecule is C=Cc1cc(COC(=O)CCCC[SiH2]C)ccc1OC(C)C. The van der Waals surface area contributed by atoms with Crippen LogP contribution in [0.2, 0.25) is 12.6 Å². The van der Waals surface area contributed by atoms with Crippen molar-refractivity contribution in [2.75, 3.05) is 0 Å². The quantitative estimate of drug-likeness (QED) is 0.372. The molecule has 0 fully saturated rings. The topological polar surface area (TPSA) is 35.5 Å². The van der Waals surface area contributed by atoms with Crippen molar-refractivity contribution in [1.29, 1.82) is 0 Å². The van der Waals surface area contributed by atoms with E-state index in [1.54, 1.807) is 6.08 Å². The molecule has 1 rings (SSSR count). The highest BCUT2D eigenvalue weighted by atomic mass is 28.2. The maximum absolute atomic E-state index is 11.7. The molecule has 0 aliphatic heterocycles. The fourth-order valence-electron chi connectivity index (χ4n) is 2.14. The van der Waals surface area contributed by atoms with Crippen molar-refractivity contribution in [1.82, 2.24) is 0 Å². The molecule has 0 heterocycles. The molecule has 0 aliphatic carbocycles. The summed E-state index contributed by atoms with van der Waals surface area (Å²) in [4.78, 5) is 11.7. The van der Waals surface area contributed by atoms with Gasteiger partial charge in [-0.2, -0.15) is 0 Å². The Morgan fingerprint density at radius 2 is 2.14 bits per heavy atom. The lowest BCUT2D eigenvalue weighted by Gasteiger charge is -2.13. The Labute approximate surface area is 136 Å². The summed E-state index contributed by atoms with van der Waals surface area (Å²) >= 11 is 0. The van der Waals surface area contributed by atoms with Crippen molar-refractivity contribution in [3.63, 3.8) is 0 Å². The number of hydrogen-bond acceptors (Lipinski definition) is 3. The van der Waals surface area contributed by atoms with E-state index in [1.165, 1.54) is 6.04 Å². The first-order valence-electron chi connectivity index (χ1n) is 8.14. The van der Waals surface area contributed by atoms with Crippen molar-refractivity contribution < 1.29 is 14.3 Å². The van der Waals surface area contributed by atoms with Crippen LogP contribution < -0.4 is 4.74 Å². The molecular weight excluding hydrogens is 292 g/mol. The summed E-state index contributed by atoms with van der Waals surface area (Å²) in [5.74, 6) is 0.698. The first kappa shape index (κ1) is 18.5. The molecule has 0 radical (unpaired) electrons. The predicted octanol–water partition coefficient (Wildman–Crippen LogP) is 3.97. The largest absolute Gasteiger partial charge is 0.490 e. The van der Waals surface area contributed by atoms with Gasteiger partial charge < -0.3 is 9.47 Å². The van der Waals surface area contributed by atoms with Crippen molar-refractivity contribution in [2.45, 2.75) is 58.4 Å². The van der Waals surface area contributed by atoms with E-state index >= 15 is 0 Å². The summed E-state index contributed by atoms with van der Waals surface area (Å²) in [5, 5.41) is 0. The molecule has 1 aromatic rings. The van der Waals surface area contributed by atoms with E-state index in [4.69, 9.17) is 9.47 Å². The third-order valence-corrected chi connectivity index (χ3v) is 4.50. The molecule has 122 valence electrons. The van der Waals surface area contributed by atoms with Gasteiger partial charge in [-0.3, -0.25) is 4.79 Å². The molecule has 22 heavy (non-hydrogen) atoms. The summed E-state index contributed by atoms with van der Waals surface area (Å²) in [6.45, 7) is 10.4. The number of benzene rings is 1. The van der Waals surface area contributed by atoms with Crippen molar-refractivity contribution in [2.24, 2.45) is 0 Å². The lowest BCUT2D eigenvalue weighted by molar-refractivity contribution is -0.145. The van der Waals surface area contributed by atoms with E-state index in [1.807, 2.05) is 32.0 Å². The number of carbonyl (C=O) groups is 1. The molecule has 0 aliphatic rings. The van der Waals surface area contributed by atoms with Crippen molar-refractivity contribution in [3.05, 3.63) is 35.9 Å². The fourth-order valence-corrected chi connectivity index (χ4v) is 2.99. The molecule has 1 aromatic carbocycles. The van der Waals surface area contributed by atoms with Crippen LogP contribution in [0, 0.1) is 0 Å². The Morgan fingerprint density at radius 1 is 1.36 bits per heavy atom. The maximum Gasteiger partial charge on any atom is 0.306 e. The molecule has 0 N–H and O–H groups in total. The Balaban J connectivity index is 2.49. The molecule has 0 saturated carbocycles. The van der Waals surface area contributed by atoms with Crippen LogP contribution in [0.3, 0.4) is 0 Å². The number of carbonyl (C=O) groups excluding carboxylic acids is 1. The summed E-state index contributed by atoms with van der Waals surface area (Å²) < 4.78 is 11.0. The molecule has 0 amide bonds. The Bertz CT molecular complexity index is 483. The minimum Gasteiger partial charge on any atom is -0.490 e. The van der Waals surface area contributed by atoms with E-state index in [-0.39, 0.29) is 21.6 Å². The molecule has 0 saturated heterocycles. The van der Waals surface area contributed by atoms with E-state index in [2.05, 4.69) is 13.1 Å². The average molecular weight is 321 g/mol. The van der Waals surface area contributed by atoms with E-state index in [0.29, 0.717) is 13.0 Å². The van der Waals surface area contributed by atoms with Crippen LogP contribution in [0.4, 0.5) is 0 Å². The van der Waals surface area contributed by atoms with E-state index in [0.717, 1.165) is 29.7 Å². The number of unbranched alkanes of at least 4 members (excludes halogenated alkanes) is 1. The lowest BCUT2D eigenvalue weighted by atomic mass is 10.1. The first-order valence-corrected chi connectivity index (χ1v) is 10.6. The van der Waals surface area contributed by atoms with Crippen LogP contribution in [0.15, 0.2) is 24.8 Å². The second-order valence-corrected chi connectivity index (χ2v) is 7.42. The van der Waals surface area contributed by atoms with Gasteiger partial charge >= 0.3 is 5.97 Å². The van der Waals surface area contributed by atoms with Crippen LogP contribution in [-0.4, -0.2) is 21.6 Å². The highest BCUT2D eigenvalue weighted by molar-refractivity contribution is 6.33. The average Bonchev–Trinajstić information content (AvgIpc) is 2.50. The monoisotopic (exact) mass is 320 g/mol. The van der Waals surface area contributed by atoms with Crippen molar-refractivity contribution in [3.8, 4) is 5.75 Å². The molecular formula is C18H28O3Si. The molecule has 0 unspecified atom stereocenters. The second kappa shape index (κ2) is 10.2. The summed E-state index contributed by atoms with van der Waals surface area (Å²) in [7, 11) is 0.123. The van der Waals surface area contributed by atoms with Crippen LogP contribution >= 0.6 is 0 Å². The van der Waals surface area contributed by atoms with Crippen LogP contribution in [-0.2, 0) is 16.1 Å². The van der Waals surface area contributed by atoms with Gasteiger partial charge in [-0.1, -0.05) is 37.7 Å². The third-order valence-electron chi connectivity index (χ3n) is 3.29. The zero-order valence-corrected chi connectivity index (χ0v) is 15.5. The van der Waals surface area contributed by atoms with Gasteiger partial charge in [0.1, 0.15) is 12.4 Å².